The second kappa shape index (κ2) is 7.98. The highest BCUT2D eigenvalue weighted by Gasteiger charge is 2.40. The van der Waals surface area contributed by atoms with Gasteiger partial charge in [0.1, 0.15) is 11.6 Å². The zero-order valence-corrected chi connectivity index (χ0v) is 16.3. The number of hydrogen-bond donors (Lipinski definition) is 2. The molecule has 3 rings (SSSR count). The molecule has 1 aliphatic heterocycles. The first-order chi connectivity index (χ1) is 13.2. The highest BCUT2D eigenvalue weighted by Crippen LogP contribution is 2.24. The summed E-state index contributed by atoms with van der Waals surface area (Å²) in [6.07, 6.45) is 2.31. The molecule has 2 amide bonds. The molecule has 7 nitrogen and oxygen atoms in total. The maximum absolute atomic E-state index is 12.7. The van der Waals surface area contributed by atoms with E-state index in [4.69, 9.17) is 4.74 Å². The molecule has 28 heavy (non-hydrogen) atoms. The number of amides is 2. The number of hydrogen-bond acceptors (Lipinski definition) is 5. The van der Waals surface area contributed by atoms with Crippen molar-refractivity contribution in [3.63, 3.8) is 0 Å². The van der Waals surface area contributed by atoms with Crippen molar-refractivity contribution in [2.45, 2.75) is 44.9 Å². The van der Waals surface area contributed by atoms with E-state index in [1.807, 2.05) is 24.3 Å². The summed E-state index contributed by atoms with van der Waals surface area (Å²) in [5, 5.41) is 12.8. The van der Waals surface area contributed by atoms with Crippen LogP contribution >= 0.6 is 0 Å². The fourth-order valence-electron chi connectivity index (χ4n) is 3.09. The lowest BCUT2D eigenvalue weighted by atomic mass is 10.1. The summed E-state index contributed by atoms with van der Waals surface area (Å²) in [4.78, 5) is 30.5. The average Bonchev–Trinajstić information content (AvgIpc) is 3.04. The molecule has 1 saturated heterocycles. The van der Waals surface area contributed by atoms with E-state index >= 15 is 0 Å². The van der Waals surface area contributed by atoms with Crippen LogP contribution in [-0.4, -0.2) is 51.3 Å². The van der Waals surface area contributed by atoms with Crippen molar-refractivity contribution in [2.24, 2.45) is 0 Å². The van der Waals surface area contributed by atoms with E-state index in [9.17, 15) is 14.7 Å². The van der Waals surface area contributed by atoms with Gasteiger partial charge < -0.3 is 15.2 Å². The first kappa shape index (κ1) is 19.8. The van der Waals surface area contributed by atoms with Gasteiger partial charge in [0.05, 0.1) is 12.6 Å². The molecule has 0 radical (unpaired) electrons. The van der Waals surface area contributed by atoms with E-state index < -0.39 is 23.8 Å². The molecule has 0 bridgehead atoms. The Hall–Kier alpha value is -2.93. The minimum Gasteiger partial charge on any atom is -0.444 e. The second-order valence-electron chi connectivity index (χ2n) is 7.85. The van der Waals surface area contributed by atoms with Gasteiger partial charge in [-0.1, -0.05) is 18.2 Å². The van der Waals surface area contributed by atoms with Gasteiger partial charge in [-0.2, -0.15) is 0 Å². The Morgan fingerprint density at radius 3 is 2.50 bits per heavy atom. The van der Waals surface area contributed by atoms with Crippen molar-refractivity contribution in [3.8, 4) is 11.1 Å². The van der Waals surface area contributed by atoms with Gasteiger partial charge in [-0.3, -0.25) is 14.7 Å². The van der Waals surface area contributed by atoms with Gasteiger partial charge in [-0.05, 0) is 50.1 Å². The molecule has 0 spiro atoms. The van der Waals surface area contributed by atoms with Crippen molar-refractivity contribution in [3.05, 3.63) is 48.8 Å². The molecule has 1 fully saturated rings. The highest BCUT2D eigenvalue weighted by molar-refractivity contribution is 5.97. The SMILES string of the molecule is CC(C)(C)OC(=O)N1C[C@H](O)C[C@@H]1C(=O)Nc1ccc(-c2cccnc2)cc1. The molecule has 2 aromatic rings. The topological polar surface area (TPSA) is 91.8 Å². The van der Waals surface area contributed by atoms with Gasteiger partial charge in [0.2, 0.25) is 5.91 Å². The van der Waals surface area contributed by atoms with E-state index in [0.29, 0.717) is 5.69 Å². The highest BCUT2D eigenvalue weighted by atomic mass is 16.6. The van der Waals surface area contributed by atoms with E-state index in [1.165, 1.54) is 4.90 Å². The number of nitrogens with one attached hydrogen (secondary N) is 1. The minimum atomic E-state index is -0.775. The van der Waals surface area contributed by atoms with Gasteiger partial charge in [-0.25, -0.2) is 4.79 Å². The third-order valence-corrected chi connectivity index (χ3v) is 4.36. The average molecular weight is 383 g/mol. The Morgan fingerprint density at radius 2 is 1.89 bits per heavy atom. The molecule has 2 N–H and O–H groups in total. The van der Waals surface area contributed by atoms with Gasteiger partial charge in [-0.15, -0.1) is 0 Å². The Kier molecular flexibility index (Phi) is 5.65. The van der Waals surface area contributed by atoms with Crippen molar-refractivity contribution in [2.75, 3.05) is 11.9 Å². The molecular weight excluding hydrogens is 358 g/mol. The Bertz CT molecular complexity index is 831. The molecule has 0 unspecified atom stereocenters. The van der Waals surface area contributed by atoms with Crippen LogP contribution in [0.2, 0.25) is 0 Å². The Labute approximate surface area is 164 Å². The Morgan fingerprint density at radius 1 is 1.18 bits per heavy atom. The summed E-state index contributed by atoms with van der Waals surface area (Å²) in [6, 6.07) is 10.4. The molecule has 148 valence electrons. The standard InChI is InChI=1S/C21H25N3O4/c1-21(2,3)28-20(27)24-13-17(25)11-18(24)19(26)23-16-8-6-14(7-9-16)15-5-4-10-22-12-15/h4-10,12,17-18,25H,11,13H2,1-3H3,(H,23,26)/t17-,18-/m1/s1. The number of anilines is 1. The predicted octanol–water partition coefficient (Wildman–Crippen LogP) is 3.06. The van der Waals surface area contributed by atoms with Gasteiger partial charge in [0.15, 0.2) is 0 Å². The third kappa shape index (κ3) is 4.86. The van der Waals surface area contributed by atoms with Crippen molar-refractivity contribution in [1.82, 2.24) is 9.88 Å². The van der Waals surface area contributed by atoms with Crippen LogP contribution in [0.3, 0.4) is 0 Å². The molecule has 2 atom stereocenters. The zero-order chi connectivity index (χ0) is 20.3. The molecule has 1 aliphatic rings. The molecule has 0 aliphatic carbocycles. The first-order valence-electron chi connectivity index (χ1n) is 9.22. The molecule has 7 heteroatoms. The Balaban J connectivity index is 1.68. The monoisotopic (exact) mass is 383 g/mol. The van der Waals surface area contributed by atoms with Crippen molar-refractivity contribution < 1.29 is 19.4 Å². The summed E-state index contributed by atoms with van der Waals surface area (Å²) in [5.74, 6) is -0.350. The molecular formula is C21H25N3O4. The number of pyridine rings is 1. The number of ether oxygens (including phenoxy) is 1. The lowest BCUT2D eigenvalue weighted by Crippen LogP contribution is -2.45. The minimum absolute atomic E-state index is 0.0763. The lowest BCUT2D eigenvalue weighted by molar-refractivity contribution is -0.120. The number of rotatable bonds is 3. The summed E-state index contributed by atoms with van der Waals surface area (Å²) < 4.78 is 5.36. The van der Waals surface area contributed by atoms with Crippen LogP contribution in [0.25, 0.3) is 11.1 Å². The summed E-state index contributed by atoms with van der Waals surface area (Å²) in [5.41, 5.74) is 1.91. The zero-order valence-electron chi connectivity index (χ0n) is 16.3. The molecule has 2 heterocycles. The van der Waals surface area contributed by atoms with E-state index in [2.05, 4.69) is 10.3 Å². The fraction of sp³-hybridized carbons (Fsp3) is 0.381. The smallest absolute Gasteiger partial charge is 0.411 e. The number of aromatic nitrogens is 1. The quantitative estimate of drug-likeness (QED) is 0.850. The number of β-amino-alcohol motifs (C(OH)–C–C–N with tert-alkyl or cyclic N) is 1. The summed E-state index contributed by atoms with van der Waals surface area (Å²) in [7, 11) is 0. The van der Waals surface area contributed by atoms with Gasteiger partial charge in [0, 0.05) is 24.5 Å². The second-order valence-corrected chi connectivity index (χ2v) is 7.85. The van der Waals surface area contributed by atoms with Crippen LogP contribution in [0.4, 0.5) is 10.5 Å². The number of nitrogens with zero attached hydrogens (tertiary/aromatic N) is 2. The number of carbonyl (C=O) groups excluding carboxylic acids is 2. The molecule has 1 aromatic heterocycles. The van der Waals surface area contributed by atoms with Crippen LogP contribution in [0.1, 0.15) is 27.2 Å². The molecule has 1 aromatic carbocycles. The number of likely N-dealkylation sites (tertiary alicyclic amines) is 1. The molecule has 0 saturated carbocycles. The first-order valence-corrected chi connectivity index (χ1v) is 9.22. The maximum atomic E-state index is 12.7. The maximum Gasteiger partial charge on any atom is 0.411 e. The number of aliphatic hydroxyl groups excluding tert-OH is 1. The van der Waals surface area contributed by atoms with Crippen LogP contribution < -0.4 is 5.32 Å². The van der Waals surface area contributed by atoms with Crippen LogP contribution in [0.5, 0.6) is 0 Å². The third-order valence-electron chi connectivity index (χ3n) is 4.36. The van der Waals surface area contributed by atoms with E-state index in [0.717, 1.165) is 11.1 Å². The normalized spacial score (nSPS) is 19.4. The predicted molar refractivity (Wildman–Crippen MR) is 106 cm³/mol. The van der Waals surface area contributed by atoms with E-state index in [-0.39, 0.29) is 18.9 Å². The number of carbonyl (C=O) groups is 2. The van der Waals surface area contributed by atoms with Crippen molar-refractivity contribution in [1.29, 1.82) is 0 Å². The largest absolute Gasteiger partial charge is 0.444 e. The van der Waals surface area contributed by atoms with Crippen molar-refractivity contribution >= 4 is 17.7 Å². The van der Waals surface area contributed by atoms with E-state index in [1.54, 1.807) is 45.3 Å². The van der Waals surface area contributed by atoms with Crippen LogP contribution in [0, 0.1) is 0 Å². The van der Waals surface area contributed by atoms with Crippen LogP contribution in [0.15, 0.2) is 48.8 Å². The number of aliphatic hydroxyl groups is 1. The summed E-state index contributed by atoms with van der Waals surface area (Å²) >= 11 is 0. The van der Waals surface area contributed by atoms with Crippen LogP contribution in [-0.2, 0) is 9.53 Å². The summed E-state index contributed by atoms with van der Waals surface area (Å²) in [6.45, 7) is 5.36. The van der Waals surface area contributed by atoms with Gasteiger partial charge in [0.25, 0.3) is 0 Å². The lowest BCUT2D eigenvalue weighted by Gasteiger charge is -2.27. The van der Waals surface area contributed by atoms with Gasteiger partial charge >= 0.3 is 6.09 Å². The number of benzene rings is 1. The fourth-order valence-corrected chi connectivity index (χ4v) is 3.09.